The molecule has 0 radical (unpaired) electrons. The Balaban J connectivity index is -0.000000405. The summed E-state index contributed by atoms with van der Waals surface area (Å²) in [4.78, 5) is 9.98. The summed E-state index contributed by atoms with van der Waals surface area (Å²) in [5.41, 5.74) is 0. The van der Waals surface area contributed by atoms with Crippen LogP contribution in [-0.2, 0) is 9.31 Å². The number of rotatable bonds is 2. The normalized spacial score (nSPS) is 7.00. The van der Waals surface area contributed by atoms with Crippen molar-refractivity contribution in [2.75, 3.05) is 0 Å². The van der Waals surface area contributed by atoms with Crippen LogP contribution in [0.15, 0.2) is 0 Å². The van der Waals surface area contributed by atoms with E-state index >= 15 is 0 Å². The molecule has 0 saturated heterocycles. The fraction of sp³-hybridized carbons (Fsp3) is 0. The second-order valence-electron chi connectivity index (χ2n) is 1.14. The summed E-state index contributed by atoms with van der Waals surface area (Å²) in [5.74, 6) is 0. The van der Waals surface area contributed by atoms with Crippen LogP contribution in [0.1, 0.15) is 0 Å². The average Bonchev–Trinajstić information content (AvgIpc) is 1.58. The molecule has 0 unspecified atom stereocenters. The van der Waals surface area contributed by atoms with Gasteiger partial charge in [0.15, 0.2) is 0 Å². The topological polar surface area (TPSA) is 116 Å². The molecule has 0 heterocycles. The Labute approximate surface area is 113 Å². The van der Waals surface area contributed by atoms with Crippen LogP contribution >= 0.6 is 0 Å². The van der Waals surface area contributed by atoms with Gasteiger partial charge in [0.1, 0.15) is 0 Å². The zero-order chi connectivity index (χ0) is 8.15. The van der Waals surface area contributed by atoms with Gasteiger partial charge >= 0.3 is 79.9 Å². The molecule has 0 aromatic rings. The Morgan fingerprint density at radius 3 is 1.33 bits per heavy atom. The monoisotopic (exact) mass is 198 g/mol. The van der Waals surface area contributed by atoms with Gasteiger partial charge in [-0.05, 0) is 0 Å². The molecule has 4 N–H and O–H groups in total. The maximum absolute atomic E-state index is 9.98. The van der Waals surface area contributed by atoms with Crippen molar-refractivity contribution < 1.29 is 34.2 Å². The summed E-state index contributed by atoms with van der Waals surface area (Å²) < 4.78 is 6.98. The number of hydrogen-bond donors (Lipinski definition) is 4. The Bertz CT molecular complexity index is 106. The van der Waals surface area contributed by atoms with Crippen molar-refractivity contribution in [2.24, 2.45) is 0 Å². The Morgan fingerprint density at radius 2 is 1.17 bits per heavy atom. The second kappa shape index (κ2) is 10.3. The summed E-state index contributed by atoms with van der Waals surface area (Å²) >= 11 is 0. The molecule has 7 nitrogen and oxygen atoms in total. The first-order chi connectivity index (χ1) is 4.52. The Hall–Kier alpha value is 1.24. The van der Waals surface area contributed by atoms with E-state index in [1.165, 1.54) is 0 Å². The van der Waals surface area contributed by atoms with Gasteiger partial charge in [-0.15, -0.1) is 0 Å². The molecule has 0 saturated carbocycles. The van der Waals surface area contributed by atoms with E-state index in [0.717, 1.165) is 0 Å². The van der Waals surface area contributed by atoms with Crippen LogP contribution in [0.5, 0.6) is 0 Å². The molecule has 0 bridgehead atoms. The van der Waals surface area contributed by atoms with Crippen LogP contribution < -0.4 is 0 Å². The molecule has 11 heteroatoms. The molecule has 0 aromatic carbocycles. The van der Waals surface area contributed by atoms with Crippen molar-refractivity contribution in [3.8, 4) is 0 Å². The molecule has 0 aliphatic carbocycles. The third-order valence-corrected chi connectivity index (χ3v) is 0.403. The van der Waals surface area contributed by atoms with Crippen molar-refractivity contribution in [3.05, 3.63) is 0 Å². The minimum atomic E-state index is -2.33. The second-order valence-corrected chi connectivity index (χ2v) is 1.14. The quantitative estimate of drug-likeness (QED) is 0.332. The van der Waals surface area contributed by atoms with Crippen molar-refractivity contribution in [1.29, 1.82) is 0 Å². The first-order valence-corrected chi connectivity index (χ1v) is 2.12. The molecule has 0 atom stereocenters. The SMILES string of the molecule is O=C(OB(O)O)OB(O)O.[NaH].[NaH]. The van der Waals surface area contributed by atoms with E-state index in [-0.39, 0.29) is 59.1 Å². The molecule has 0 rings (SSSR count). The summed E-state index contributed by atoms with van der Waals surface area (Å²) in [6, 6.07) is 0. The first kappa shape index (κ1) is 18.9. The van der Waals surface area contributed by atoms with Crippen LogP contribution in [0.3, 0.4) is 0 Å². The fourth-order valence-corrected chi connectivity index (χ4v) is 0.200. The average molecular weight is 198 g/mol. The molecule has 0 spiro atoms. The molecule has 12 heavy (non-hydrogen) atoms. The van der Waals surface area contributed by atoms with Gasteiger partial charge in [-0.25, -0.2) is 4.79 Å². The van der Waals surface area contributed by atoms with Gasteiger partial charge in [0.25, 0.3) is 0 Å². The van der Waals surface area contributed by atoms with Gasteiger partial charge in [-0.3, -0.25) is 0 Å². The van der Waals surface area contributed by atoms with Crippen LogP contribution in [0.2, 0.25) is 0 Å². The molecular formula is CH6B2Na2O7. The zero-order valence-corrected chi connectivity index (χ0v) is 4.67. The Morgan fingerprint density at radius 1 is 0.917 bits per heavy atom. The summed E-state index contributed by atoms with van der Waals surface area (Å²) in [6.45, 7) is 0. The third-order valence-electron chi connectivity index (χ3n) is 0.403. The number of carbonyl (C=O) groups excluding carboxylic acids is 1. The van der Waals surface area contributed by atoms with Gasteiger partial charge in [0, 0.05) is 0 Å². The van der Waals surface area contributed by atoms with E-state index < -0.39 is 20.8 Å². The van der Waals surface area contributed by atoms with Gasteiger partial charge in [-0.2, -0.15) is 0 Å². The van der Waals surface area contributed by atoms with Gasteiger partial charge in [-0.1, -0.05) is 0 Å². The fourth-order valence-electron chi connectivity index (χ4n) is 0.200. The molecular weight excluding hydrogens is 192 g/mol. The predicted octanol–water partition coefficient (Wildman–Crippen LogP) is -4.22. The molecule has 0 aliphatic heterocycles. The van der Waals surface area contributed by atoms with E-state index in [9.17, 15) is 4.79 Å². The number of hydrogen-bond acceptors (Lipinski definition) is 7. The van der Waals surface area contributed by atoms with Crippen LogP contribution in [0, 0.1) is 0 Å². The van der Waals surface area contributed by atoms with Crippen molar-refractivity contribution in [2.45, 2.75) is 0 Å². The molecule has 0 fully saturated rings. The van der Waals surface area contributed by atoms with Gasteiger partial charge in [0.05, 0.1) is 0 Å². The third kappa shape index (κ3) is 13.8. The molecule has 0 amide bonds. The maximum atomic E-state index is 9.98. The molecule has 0 aromatic heterocycles. The zero-order valence-electron chi connectivity index (χ0n) is 4.67. The predicted molar refractivity (Wildman–Crippen MR) is 42.2 cm³/mol. The molecule has 60 valence electrons. The van der Waals surface area contributed by atoms with E-state index in [1.807, 2.05) is 0 Å². The van der Waals surface area contributed by atoms with E-state index in [4.69, 9.17) is 20.1 Å². The Kier molecular flexibility index (Phi) is 16.3. The molecule has 0 aliphatic rings. The van der Waals surface area contributed by atoms with E-state index in [2.05, 4.69) is 9.31 Å². The van der Waals surface area contributed by atoms with Crippen LogP contribution in [0.25, 0.3) is 0 Å². The van der Waals surface area contributed by atoms with Crippen molar-refractivity contribution in [3.63, 3.8) is 0 Å². The van der Waals surface area contributed by atoms with Gasteiger partial charge in [0.2, 0.25) is 0 Å². The van der Waals surface area contributed by atoms with Crippen LogP contribution in [-0.4, -0.2) is 100 Å². The van der Waals surface area contributed by atoms with Crippen molar-refractivity contribution >= 4 is 79.9 Å². The van der Waals surface area contributed by atoms with Gasteiger partial charge < -0.3 is 29.4 Å². The first-order valence-electron chi connectivity index (χ1n) is 2.12. The van der Waals surface area contributed by atoms with E-state index in [1.54, 1.807) is 0 Å². The van der Waals surface area contributed by atoms with Crippen LogP contribution in [0.4, 0.5) is 4.79 Å². The number of carbonyl (C=O) groups is 1. The van der Waals surface area contributed by atoms with Crippen molar-refractivity contribution in [1.82, 2.24) is 0 Å². The minimum absolute atomic E-state index is 0. The summed E-state index contributed by atoms with van der Waals surface area (Å²) in [7, 11) is -4.66. The van der Waals surface area contributed by atoms with E-state index in [0.29, 0.717) is 0 Å². The standard InChI is InChI=1S/CH4B2O7.2Na.2H/c4-1(9-2(5)6)10-3(7)8;;;;/h5-8H;;;;. The summed E-state index contributed by atoms with van der Waals surface area (Å²) in [6.07, 6.45) is -1.59. The summed E-state index contributed by atoms with van der Waals surface area (Å²) in [5, 5.41) is 31.6.